The fraction of sp³-hybridized carbons (Fsp3) is 0.615. The molecule has 1 heterocycles. The molecule has 0 aliphatic carbocycles. The number of amides is 1. The van der Waals surface area contributed by atoms with Crippen LogP contribution >= 0.6 is 0 Å². The summed E-state index contributed by atoms with van der Waals surface area (Å²) in [4.78, 5) is 11.5. The molecule has 4 heteroatoms. The molecule has 4 nitrogen and oxygen atoms in total. The summed E-state index contributed by atoms with van der Waals surface area (Å²) < 4.78 is 5.59. The first kappa shape index (κ1) is 13.8. The lowest BCUT2D eigenvalue weighted by Gasteiger charge is -2.22. The molecular weight excluding hydrogens is 216 g/mol. The van der Waals surface area contributed by atoms with Crippen molar-refractivity contribution in [1.29, 1.82) is 0 Å². The first-order valence-corrected chi connectivity index (χ1v) is 6.00. The van der Waals surface area contributed by atoms with Crippen LogP contribution in [0.1, 0.15) is 32.3 Å². The molecule has 0 fully saturated rings. The lowest BCUT2D eigenvalue weighted by molar-refractivity contribution is -0.120. The van der Waals surface area contributed by atoms with Gasteiger partial charge in [0.1, 0.15) is 11.5 Å². The number of hydrogen-bond acceptors (Lipinski definition) is 3. The van der Waals surface area contributed by atoms with Crippen LogP contribution in [-0.4, -0.2) is 25.5 Å². The van der Waals surface area contributed by atoms with E-state index in [1.807, 2.05) is 26.0 Å². The normalized spacial score (nSPS) is 11.5. The van der Waals surface area contributed by atoms with E-state index in [2.05, 4.69) is 24.5 Å². The molecule has 0 radical (unpaired) electrons. The van der Waals surface area contributed by atoms with E-state index in [1.165, 1.54) is 0 Å². The van der Waals surface area contributed by atoms with Crippen LogP contribution in [-0.2, 0) is 10.2 Å². The monoisotopic (exact) mass is 238 g/mol. The van der Waals surface area contributed by atoms with Gasteiger partial charge >= 0.3 is 0 Å². The van der Waals surface area contributed by atoms with Crippen molar-refractivity contribution in [2.75, 3.05) is 19.6 Å². The van der Waals surface area contributed by atoms with Gasteiger partial charge in [-0.15, -0.1) is 0 Å². The summed E-state index contributed by atoms with van der Waals surface area (Å²) in [5.41, 5.74) is -0.184. The topological polar surface area (TPSA) is 54.3 Å². The molecule has 17 heavy (non-hydrogen) atoms. The first-order valence-electron chi connectivity index (χ1n) is 6.00. The molecule has 0 aliphatic heterocycles. The van der Waals surface area contributed by atoms with Crippen LogP contribution in [0, 0.1) is 6.92 Å². The van der Waals surface area contributed by atoms with Crippen LogP contribution < -0.4 is 10.6 Å². The van der Waals surface area contributed by atoms with E-state index >= 15 is 0 Å². The molecule has 0 spiro atoms. The number of likely N-dealkylation sites (N-methyl/N-ethyl adjacent to an activating group) is 1. The van der Waals surface area contributed by atoms with Gasteiger partial charge in [-0.25, -0.2) is 0 Å². The number of hydrogen-bond donors (Lipinski definition) is 2. The number of carbonyl (C=O) groups is 1. The molecule has 96 valence electrons. The summed E-state index contributed by atoms with van der Waals surface area (Å²) >= 11 is 0. The van der Waals surface area contributed by atoms with Crippen LogP contribution in [0.5, 0.6) is 0 Å². The summed E-state index contributed by atoms with van der Waals surface area (Å²) in [7, 11) is 0. The minimum absolute atomic E-state index is 0.0169. The van der Waals surface area contributed by atoms with Gasteiger partial charge < -0.3 is 15.1 Å². The zero-order valence-electron chi connectivity index (χ0n) is 11.1. The highest BCUT2D eigenvalue weighted by atomic mass is 16.3. The number of furan rings is 1. The fourth-order valence-electron chi connectivity index (χ4n) is 1.51. The Balaban J connectivity index is 2.47. The maximum Gasteiger partial charge on any atom is 0.233 e. The van der Waals surface area contributed by atoms with E-state index in [1.54, 1.807) is 0 Å². The van der Waals surface area contributed by atoms with Crippen molar-refractivity contribution < 1.29 is 9.21 Å². The SMILES string of the molecule is CCNCC(=O)NCC(C)(C)c1ccc(C)o1. The highest BCUT2D eigenvalue weighted by molar-refractivity contribution is 5.78. The molecule has 0 unspecified atom stereocenters. The standard InChI is InChI=1S/C13H22N2O2/c1-5-14-8-12(16)15-9-13(3,4)11-7-6-10(2)17-11/h6-7,14H,5,8-9H2,1-4H3,(H,15,16). The molecule has 0 saturated carbocycles. The quantitative estimate of drug-likeness (QED) is 0.791. The van der Waals surface area contributed by atoms with Gasteiger partial charge in [0.15, 0.2) is 0 Å². The average Bonchev–Trinajstić information content (AvgIpc) is 2.71. The summed E-state index contributed by atoms with van der Waals surface area (Å²) in [6.45, 7) is 9.74. The van der Waals surface area contributed by atoms with Crippen molar-refractivity contribution in [2.45, 2.75) is 33.1 Å². The molecule has 0 atom stereocenters. The Labute approximate surface area is 103 Å². The number of aryl methyl sites for hydroxylation is 1. The smallest absolute Gasteiger partial charge is 0.233 e. The highest BCUT2D eigenvalue weighted by Gasteiger charge is 2.24. The van der Waals surface area contributed by atoms with Gasteiger partial charge in [-0.05, 0) is 25.6 Å². The van der Waals surface area contributed by atoms with Gasteiger partial charge in [-0.2, -0.15) is 0 Å². The maximum atomic E-state index is 11.5. The second-order valence-corrected chi connectivity index (χ2v) is 4.85. The first-order chi connectivity index (χ1) is 7.95. The molecule has 0 aliphatic rings. The molecular formula is C13H22N2O2. The number of rotatable bonds is 6. The summed E-state index contributed by atoms with van der Waals surface area (Å²) in [6.07, 6.45) is 0. The van der Waals surface area contributed by atoms with Gasteiger partial charge in [0.25, 0.3) is 0 Å². The molecule has 0 saturated heterocycles. The zero-order valence-corrected chi connectivity index (χ0v) is 11.1. The number of nitrogens with one attached hydrogen (secondary N) is 2. The average molecular weight is 238 g/mol. The predicted molar refractivity (Wildman–Crippen MR) is 68.0 cm³/mol. The molecule has 2 N–H and O–H groups in total. The second-order valence-electron chi connectivity index (χ2n) is 4.85. The van der Waals surface area contributed by atoms with E-state index in [0.717, 1.165) is 18.1 Å². The third kappa shape index (κ3) is 4.23. The number of carbonyl (C=O) groups excluding carboxylic acids is 1. The van der Waals surface area contributed by atoms with Gasteiger partial charge in [-0.1, -0.05) is 20.8 Å². The third-order valence-corrected chi connectivity index (χ3v) is 2.67. The van der Waals surface area contributed by atoms with Crippen LogP contribution in [0.15, 0.2) is 16.5 Å². The molecule has 0 bridgehead atoms. The Bertz CT molecular complexity index is 369. The molecule has 1 amide bonds. The summed E-state index contributed by atoms with van der Waals surface area (Å²) in [5.74, 6) is 1.81. The van der Waals surface area contributed by atoms with Crippen molar-refractivity contribution in [3.8, 4) is 0 Å². The van der Waals surface area contributed by atoms with E-state index in [9.17, 15) is 4.79 Å². The van der Waals surface area contributed by atoms with E-state index in [-0.39, 0.29) is 11.3 Å². The van der Waals surface area contributed by atoms with Gasteiger partial charge in [0.05, 0.1) is 6.54 Å². The Kier molecular flexibility index (Phi) is 4.75. The largest absolute Gasteiger partial charge is 0.466 e. The lowest BCUT2D eigenvalue weighted by atomic mass is 9.90. The fourth-order valence-corrected chi connectivity index (χ4v) is 1.51. The van der Waals surface area contributed by atoms with Crippen LogP contribution in [0.4, 0.5) is 0 Å². The molecule has 0 aromatic carbocycles. The molecule has 1 rings (SSSR count). The van der Waals surface area contributed by atoms with Gasteiger partial charge in [-0.3, -0.25) is 4.79 Å². The van der Waals surface area contributed by atoms with Crippen LogP contribution in [0.3, 0.4) is 0 Å². The highest BCUT2D eigenvalue weighted by Crippen LogP contribution is 2.24. The zero-order chi connectivity index (χ0) is 12.9. The summed E-state index contributed by atoms with van der Waals surface area (Å²) in [6, 6.07) is 3.91. The minimum atomic E-state index is -0.184. The maximum absolute atomic E-state index is 11.5. The van der Waals surface area contributed by atoms with Crippen molar-refractivity contribution >= 4 is 5.91 Å². The van der Waals surface area contributed by atoms with Crippen molar-refractivity contribution in [3.05, 3.63) is 23.7 Å². The van der Waals surface area contributed by atoms with Crippen molar-refractivity contribution in [1.82, 2.24) is 10.6 Å². The Morgan fingerprint density at radius 1 is 1.41 bits per heavy atom. The van der Waals surface area contributed by atoms with Gasteiger partial charge in [0.2, 0.25) is 5.91 Å². The van der Waals surface area contributed by atoms with E-state index in [4.69, 9.17) is 4.42 Å². The predicted octanol–water partition coefficient (Wildman–Crippen LogP) is 1.59. The molecule has 1 aromatic rings. The van der Waals surface area contributed by atoms with Crippen molar-refractivity contribution in [2.24, 2.45) is 0 Å². The Hall–Kier alpha value is -1.29. The van der Waals surface area contributed by atoms with Crippen LogP contribution in [0.2, 0.25) is 0 Å². The van der Waals surface area contributed by atoms with Crippen LogP contribution in [0.25, 0.3) is 0 Å². The second kappa shape index (κ2) is 5.87. The van der Waals surface area contributed by atoms with Gasteiger partial charge in [0, 0.05) is 12.0 Å². The molecule has 1 aromatic heterocycles. The minimum Gasteiger partial charge on any atom is -0.466 e. The van der Waals surface area contributed by atoms with E-state index < -0.39 is 0 Å². The Morgan fingerprint density at radius 3 is 2.65 bits per heavy atom. The third-order valence-electron chi connectivity index (χ3n) is 2.67. The lowest BCUT2D eigenvalue weighted by Crippen LogP contribution is -2.40. The van der Waals surface area contributed by atoms with E-state index in [0.29, 0.717) is 13.1 Å². The Morgan fingerprint density at radius 2 is 2.12 bits per heavy atom. The van der Waals surface area contributed by atoms with Crippen molar-refractivity contribution in [3.63, 3.8) is 0 Å². The summed E-state index contributed by atoms with van der Waals surface area (Å²) in [5, 5.41) is 5.90.